The molecule has 0 aliphatic rings. The van der Waals surface area contributed by atoms with Gasteiger partial charge in [-0.05, 0) is 56.7 Å². The van der Waals surface area contributed by atoms with Crippen molar-refractivity contribution < 1.29 is 41.7 Å². The Morgan fingerprint density at radius 3 is 2.45 bits per heavy atom. The molecule has 2 aromatic carbocycles. The number of benzene rings is 2. The Bertz CT molecular complexity index is 1170. The SMILES string of the molecule is C#CCCC(=O)Nc1ccc(OCc2ccc(F)c(C(F)(F)F)c2)c(CN(CCO)C(=O)OC(C)(C)C)c1. The normalized spacial score (nSPS) is 11.4. The predicted molar refractivity (Wildman–Crippen MR) is 133 cm³/mol. The van der Waals surface area contributed by atoms with Gasteiger partial charge in [0.2, 0.25) is 5.91 Å². The van der Waals surface area contributed by atoms with Crippen LogP contribution in [0.2, 0.25) is 0 Å². The number of carbonyl (C=O) groups excluding carboxylic acids is 2. The van der Waals surface area contributed by atoms with Crippen LogP contribution in [0.25, 0.3) is 0 Å². The number of alkyl halides is 3. The molecule has 0 aromatic heterocycles. The lowest BCUT2D eigenvalue weighted by molar-refractivity contribution is -0.140. The van der Waals surface area contributed by atoms with Gasteiger partial charge < -0.3 is 24.8 Å². The van der Waals surface area contributed by atoms with Gasteiger partial charge in [0.05, 0.1) is 18.7 Å². The summed E-state index contributed by atoms with van der Waals surface area (Å²) in [4.78, 5) is 26.1. The first-order valence-electron chi connectivity index (χ1n) is 11.7. The number of hydrogen-bond donors (Lipinski definition) is 2. The van der Waals surface area contributed by atoms with Crippen molar-refractivity contribution in [1.29, 1.82) is 0 Å². The lowest BCUT2D eigenvalue weighted by atomic mass is 10.1. The van der Waals surface area contributed by atoms with Crippen molar-refractivity contribution in [3.8, 4) is 18.1 Å². The van der Waals surface area contributed by atoms with Gasteiger partial charge in [-0.25, -0.2) is 9.18 Å². The Balaban J connectivity index is 2.36. The van der Waals surface area contributed by atoms with Gasteiger partial charge in [-0.15, -0.1) is 12.3 Å². The Hall–Kier alpha value is -3.78. The monoisotopic (exact) mass is 538 g/mol. The fraction of sp³-hybridized carbons (Fsp3) is 0.407. The second-order valence-corrected chi connectivity index (χ2v) is 9.30. The zero-order valence-corrected chi connectivity index (χ0v) is 21.3. The molecule has 11 heteroatoms. The van der Waals surface area contributed by atoms with Crippen molar-refractivity contribution in [1.82, 2.24) is 4.90 Å². The average molecular weight is 539 g/mol. The molecular weight excluding hydrogens is 508 g/mol. The third kappa shape index (κ3) is 9.59. The first kappa shape index (κ1) is 30.4. The molecule has 2 aromatic rings. The number of halogens is 4. The number of ether oxygens (including phenoxy) is 2. The third-order valence-corrected chi connectivity index (χ3v) is 4.95. The molecule has 0 fully saturated rings. The van der Waals surface area contributed by atoms with Crippen molar-refractivity contribution in [2.45, 2.75) is 58.5 Å². The van der Waals surface area contributed by atoms with Gasteiger partial charge in [0.1, 0.15) is 23.8 Å². The number of carbonyl (C=O) groups is 2. The maximum absolute atomic E-state index is 13.7. The summed E-state index contributed by atoms with van der Waals surface area (Å²) >= 11 is 0. The highest BCUT2D eigenvalue weighted by molar-refractivity contribution is 5.91. The van der Waals surface area contributed by atoms with Gasteiger partial charge in [-0.2, -0.15) is 13.2 Å². The van der Waals surface area contributed by atoms with Crippen LogP contribution in [0.4, 0.5) is 28.0 Å². The van der Waals surface area contributed by atoms with E-state index in [-0.39, 0.29) is 56.4 Å². The van der Waals surface area contributed by atoms with Gasteiger partial charge in [0.25, 0.3) is 0 Å². The molecule has 0 bridgehead atoms. The highest BCUT2D eigenvalue weighted by atomic mass is 19.4. The maximum atomic E-state index is 13.7. The van der Waals surface area contributed by atoms with E-state index in [1.807, 2.05) is 0 Å². The van der Waals surface area contributed by atoms with E-state index in [1.165, 1.54) is 29.2 Å². The Kier molecular flexibility index (Phi) is 10.5. The van der Waals surface area contributed by atoms with Gasteiger partial charge >= 0.3 is 12.3 Å². The van der Waals surface area contributed by atoms with E-state index in [2.05, 4.69) is 11.2 Å². The Morgan fingerprint density at radius 1 is 1.13 bits per heavy atom. The molecule has 2 N–H and O–H groups in total. The minimum Gasteiger partial charge on any atom is -0.489 e. The first-order chi connectivity index (χ1) is 17.7. The number of nitrogens with one attached hydrogen (secondary N) is 1. The summed E-state index contributed by atoms with van der Waals surface area (Å²) in [6, 6.07) is 7.07. The number of hydrogen-bond acceptors (Lipinski definition) is 5. The lowest BCUT2D eigenvalue weighted by Gasteiger charge is -2.27. The number of rotatable bonds is 10. The highest BCUT2D eigenvalue weighted by Gasteiger charge is 2.34. The summed E-state index contributed by atoms with van der Waals surface area (Å²) < 4.78 is 64.1. The summed E-state index contributed by atoms with van der Waals surface area (Å²) in [7, 11) is 0. The van der Waals surface area contributed by atoms with E-state index >= 15 is 0 Å². The molecule has 0 aliphatic carbocycles. The first-order valence-corrected chi connectivity index (χ1v) is 11.7. The maximum Gasteiger partial charge on any atom is 0.419 e. The van der Waals surface area contributed by atoms with Crippen LogP contribution >= 0.6 is 0 Å². The average Bonchev–Trinajstić information content (AvgIpc) is 2.81. The zero-order valence-electron chi connectivity index (χ0n) is 21.3. The summed E-state index contributed by atoms with van der Waals surface area (Å²) in [6.07, 6.45) is -0.0687. The number of amides is 2. The van der Waals surface area contributed by atoms with Crippen molar-refractivity contribution in [2.24, 2.45) is 0 Å². The number of anilines is 1. The van der Waals surface area contributed by atoms with Crippen LogP contribution in [-0.2, 0) is 28.9 Å². The van der Waals surface area contributed by atoms with E-state index in [9.17, 15) is 32.3 Å². The molecule has 0 atom stereocenters. The second-order valence-electron chi connectivity index (χ2n) is 9.30. The number of aliphatic hydroxyl groups excluding tert-OH is 1. The minimum atomic E-state index is -4.87. The third-order valence-electron chi connectivity index (χ3n) is 4.95. The molecule has 0 aliphatic heterocycles. The summed E-state index contributed by atoms with van der Waals surface area (Å²) in [6.45, 7) is 4.14. The van der Waals surface area contributed by atoms with Crippen LogP contribution in [0.1, 0.15) is 50.3 Å². The van der Waals surface area contributed by atoms with Crippen LogP contribution in [-0.4, -0.2) is 40.8 Å². The van der Waals surface area contributed by atoms with Crippen molar-refractivity contribution in [2.75, 3.05) is 18.5 Å². The molecule has 0 saturated heterocycles. The van der Waals surface area contributed by atoms with Crippen LogP contribution in [0.3, 0.4) is 0 Å². The molecule has 38 heavy (non-hydrogen) atoms. The Labute approximate surface area is 218 Å². The molecule has 2 rings (SSSR count). The van der Waals surface area contributed by atoms with E-state index < -0.39 is 29.3 Å². The van der Waals surface area contributed by atoms with E-state index in [0.717, 1.165) is 0 Å². The summed E-state index contributed by atoms with van der Waals surface area (Å²) in [5.74, 6) is 0.820. The van der Waals surface area contributed by atoms with E-state index in [0.29, 0.717) is 23.4 Å². The quantitative estimate of drug-likeness (QED) is 0.308. The van der Waals surface area contributed by atoms with Crippen molar-refractivity contribution >= 4 is 17.7 Å². The van der Waals surface area contributed by atoms with Gasteiger partial charge in [-0.3, -0.25) is 4.79 Å². The fourth-order valence-electron chi connectivity index (χ4n) is 3.26. The molecule has 7 nitrogen and oxygen atoms in total. The van der Waals surface area contributed by atoms with Crippen LogP contribution in [0.15, 0.2) is 36.4 Å². The van der Waals surface area contributed by atoms with Gasteiger partial charge in [-0.1, -0.05) is 6.07 Å². The standard InChI is InChI=1S/C27H30F4N2O5/c1-5-6-7-24(35)32-20-9-11-23(37-17-18-8-10-22(28)21(14-18)27(29,30)31)19(15-20)16-33(12-13-34)25(36)38-26(2,3)4/h1,8-11,14-15,34H,6-7,12-13,16-17H2,2-4H3,(H,32,35). The molecule has 206 valence electrons. The predicted octanol–water partition coefficient (Wildman–Crippen LogP) is 5.50. The van der Waals surface area contributed by atoms with E-state index in [1.54, 1.807) is 20.8 Å². The topological polar surface area (TPSA) is 88.1 Å². The molecule has 2 amide bonds. The molecule has 0 saturated carbocycles. The van der Waals surface area contributed by atoms with Crippen LogP contribution < -0.4 is 10.1 Å². The summed E-state index contributed by atoms with van der Waals surface area (Å²) in [5.41, 5.74) is -1.42. The largest absolute Gasteiger partial charge is 0.489 e. The molecule has 0 spiro atoms. The second kappa shape index (κ2) is 13.1. The van der Waals surface area contributed by atoms with Gasteiger partial charge in [0.15, 0.2) is 0 Å². The van der Waals surface area contributed by atoms with E-state index in [4.69, 9.17) is 15.9 Å². The molecule has 0 heterocycles. The van der Waals surface area contributed by atoms with Crippen LogP contribution in [0, 0.1) is 18.2 Å². The summed E-state index contributed by atoms with van der Waals surface area (Å²) in [5, 5.41) is 12.2. The molecule has 0 unspecified atom stereocenters. The molecule has 0 radical (unpaired) electrons. The van der Waals surface area contributed by atoms with Crippen molar-refractivity contribution in [3.63, 3.8) is 0 Å². The fourth-order valence-corrected chi connectivity index (χ4v) is 3.26. The highest BCUT2D eigenvalue weighted by Crippen LogP contribution is 2.32. The number of terminal acetylenes is 1. The molecular formula is C27H30F4N2O5. The number of aliphatic hydroxyl groups is 1. The van der Waals surface area contributed by atoms with Gasteiger partial charge in [0, 0.05) is 30.6 Å². The zero-order chi connectivity index (χ0) is 28.5. The van der Waals surface area contributed by atoms with Crippen molar-refractivity contribution in [3.05, 3.63) is 58.9 Å². The number of nitrogens with zero attached hydrogens (tertiary/aromatic N) is 1. The Morgan fingerprint density at radius 2 is 1.84 bits per heavy atom. The van der Waals surface area contributed by atoms with Crippen LogP contribution in [0.5, 0.6) is 5.75 Å². The lowest BCUT2D eigenvalue weighted by Crippen LogP contribution is -2.38. The minimum absolute atomic E-state index is 0.0655. The smallest absolute Gasteiger partial charge is 0.419 e.